The normalized spacial score (nSPS) is 20.8. The molecule has 5 rings (SSSR count). The molecule has 0 radical (unpaired) electrons. The Labute approximate surface area is 205 Å². The number of likely N-dealkylation sites (tertiary alicyclic amines) is 1. The molecule has 35 heavy (non-hydrogen) atoms. The highest BCUT2D eigenvalue weighted by Gasteiger charge is 2.32. The summed E-state index contributed by atoms with van der Waals surface area (Å²) in [5.74, 6) is 2.01. The number of aromatic nitrogens is 3. The van der Waals surface area contributed by atoms with Gasteiger partial charge in [0.05, 0.1) is 18.3 Å². The van der Waals surface area contributed by atoms with Gasteiger partial charge >= 0.3 is 0 Å². The lowest BCUT2D eigenvalue weighted by atomic mass is 9.99. The van der Waals surface area contributed by atoms with Crippen molar-refractivity contribution in [2.24, 2.45) is 11.5 Å². The molecule has 10 heteroatoms. The number of carbonyl (C=O) groups is 1. The van der Waals surface area contributed by atoms with E-state index in [-0.39, 0.29) is 18.0 Å². The zero-order valence-corrected chi connectivity index (χ0v) is 20.4. The number of nitrogens with two attached hydrogens (primary N) is 2. The number of furan rings is 1. The number of nitrogens with zero attached hydrogens (tertiary/aromatic N) is 5. The molecule has 5 heterocycles. The quantitative estimate of drug-likeness (QED) is 0.417. The molecule has 10 nitrogen and oxygen atoms in total. The van der Waals surface area contributed by atoms with E-state index in [4.69, 9.17) is 26.0 Å². The number of nitrogens with one attached hydrogen (secondary N) is 1. The van der Waals surface area contributed by atoms with Crippen LogP contribution in [0.25, 0.3) is 5.65 Å². The van der Waals surface area contributed by atoms with Gasteiger partial charge in [-0.2, -0.15) is 5.10 Å². The molecule has 1 amide bonds. The van der Waals surface area contributed by atoms with E-state index in [9.17, 15) is 4.79 Å². The molecular formula is C25H36N8O2. The average molecular weight is 481 g/mol. The maximum Gasteiger partial charge on any atom is 0.290 e. The fourth-order valence-electron chi connectivity index (χ4n) is 5.13. The summed E-state index contributed by atoms with van der Waals surface area (Å²) in [6, 6.07) is 5.75. The molecule has 0 aromatic carbocycles. The number of anilines is 1. The molecule has 0 bridgehead atoms. The highest BCUT2D eigenvalue weighted by atomic mass is 16.4. The molecule has 0 aliphatic carbocycles. The third-order valence-corrected chi connectivity index (χ3v) is 6.98. The standard InChI is InChI=1S/C25H36N8O2/c1-17-15-33-23(29-24(17)31-12-8-18(27)16-31)13-20(30-33)21-5-2-3-11-32(21)25(34)22-7-6-19(35-22)14-28-10-4-9-26/h6-7,13,15,18,21,28H,2-5,8-12,14,16,26-27H2,1H3/t18-,21-/m0/s1. The fraction of sp³-hybridized carbons (Fsp3) is 0.560. The number of rotatable bonds is 8. The smallest absolute Gasteiger partial charge is 0.290 e. The lowest BCUT2D eigenvalue weighted by molar-refractivity contribution is 0.0571. The molecular weight excluding hydrogens is 444 g/mol. The summed E-state index contributed by atoms with van der Waals surface area (Å²) in [6.07, 6.45) is 6.81. The first kappa shape index (κ1) is 23.8. The van der Waals surface area contributed by atoms with Crippen LogP contribution in [0.3, 0.4) is 0 Å². The lowest BCUT2D eigenvalue weighted by Gasteiger charge is -2.34. The number of fused-ring (bicyclic) bond motifs is 1. The predicted octanol–water partition coefficient (Wildman–Crippen LogP) is 1.97. The van der Waals surface area contributed by atoms with Gasteiger partial charge in [0.15, 0.2) is 11.4 Å². The Bertz CT molecular complexity index is 1170. The molecule has 2 aliphatic rings. The highest BCUT2D eigenvalue weighted by Crippen LogP contribution is 2.33. The Kier molecular flexibility index (Phi) is 7.03. The van der Waals surface area contributed by atoms with E-state index in [0.717, 1.165) is 80.2 Å². The van der Waals surface area contributed by atoms with E-state index in [1.807, 2.05) is 27.7 Å². The third-order valence-electron chi connectivity index (χ3n) is 6.98. The van der Waals surface area contributed by atoms with Crippen LogP contribution < -0.4 is 21.7 Å². The van der Waals surface area contributed by atoms with Crippen molar-refractivity contribution in [3.05, 3.63) is 47.2 Å². The zero-order chi connectivity index (χ0) is 24.4. The number of carbonyl (C=O) groups excluding carboxylic acids is 1. The Morgan fingerprint density at radius 3 is 2.94 bits per heavy atom. The molecule has 5 N–H and O–H groups in total. The van der Waals surface area contributed by atoms with Crippen molar-refractivity contribution in [3.63, 3.8) is 0 Å². The second-order valence-corrected chi connectivity index (χ2v) is 9.71. The molecule has 2 saturated heterocycles. The molecule has 3 aromatic heterocycles. The second kappa shape index (κ2) is 10.3. The van der Waals surface area contributed by atoms with Crippen LogP contribution in [0.5, 0.6) is 0 Å². The van der Waals surface area contributed by atoms with Crippen molar-refractivity contribution in [1.82, 2.24) is 24.8 Å². The van der Waals surface area contributed by atoms with Gasteiger partial charge in [-0.1, -0.05) is 0 Å². The van der Waals surface area contributed by atoms with Crippen LogP contribution in [0.4, 0.5) is 5.82 Å². The van der Waals surface area contributed by atoms with Gasteiger partial charge in [0, 0.05) is 43.5 Å². The number of amides is 1. The number of piperidine rings is 1. The van der Waals surface area contributed by atoms with E-state index in [2.05, 4.69) is 17.1 Å². The van der Waals surface area contributed by atoms with Crippen molar-refractivity contribution in [1.29, 1.82) is 0 Å². The maximum absolute atomic E-state index is 13.4. The van der Waals surface area contributed by atoms with Crippen LogP contribution in [0.2, 0.25) is 0 Å². The Morgan fingerprint density at radius 2 is 2.14 bits per heavy atom. The first-order valence-electron chi connectivity index (χ1n) is 12.7. The summed E-state index contributed by atoms with van der Waals surface area (Å²) in [5, 5.41) is 8.12. The molecule has 0 saturated carbocycles. The van der Waals surface area contributed by atoms with Crippen molar-refractivity contribution >= 4 is 17.4 Å². The predicted molar refractivity (Wildman–Crippen MR) is 134 cm³/mol. The molecule has 2 fully saturated rings. The minimum absolute atomic E-state index is 0.0872. The monoisotopic (exact) mass is 480 g/mol. The lowest BCUT2D eigenvalue weighted by Crippen LogP contribution is -2.38. The Morgan fingerprint density at radius 1 is 1.26 bits per heavy atom. The van der Waals surface area contributed by atoms with Gasteiger partial charge in [-0.15, -0.1) is 0 Å². The topological polar surface area (TPSA) is 131 Å². The van der Waals surface area contributed by atoms with E-state index in [1.165, 1.54) is 0 Å². The average Bonchev–Trinajstić information content (AvgIpc) is 3.60. The number of hydrogen-bond acceptors (Lipinski definition) is 8. The largest absolute Gasteiger partial charge is 0.455 e. The Hall–Kier alpha value is -2.95. The molecule has 0 spiro atoms. The van der Waals surface area contributed by atoms with Crippen LogP contribution in [-0.4, -0.2) is 64.2 Å². The van der Waals surface area contributed by atoms with Gasteiger partial charge in [0.1, 0.15) is 11.6 Å². The fourth-order valence-corrected chi connectivity index (χ4v) is 5.13. The van der Waals surface area contributed by atoms with Gasteiger partial charge in [-0.3, -0.25) is 4.79 Å². The molecule has 2 aliphatic heterocycles. The highest BCUT2D eigenvalue weighted by molar-refractivity contribution is 5.92. The van der Waals surface area contributed by atoms with Crippen molar-refractivity contribution in [2.45, 2.75) is 57.7 Å². The molecule has 2 atom stereocenters. The van der Waals surface area contributed by atoms with Gasteiger partial charge in [-0.25, -0.2) is 9.50 Å². The van der Waals surface area contributed by atoms with Crippen molar-refractivity contribution in [3.8, 4) is 0 Å². The van der Waals surface area contributed by atoms with E-state index >= 15 is 0 Å². The SMILES string of the molecule is Cc1cn2nc([C@@H]3CCCCN3C(=O)c3ccc(CNCCCN)o3)cc2nc1N1CC[C@H](N)C1. The maximum atomic E-state index is 13.4. The summed E-state index contributed by atoms with van der Waals surface area (Å²) in [5.41, 5.74) is 14.4. The van der Waals surface area contributed by atoms with Gasteiger partial charge in [0.2, 0.25) is 0 Å². The van der Waals surface area contributed by atoms with Crippen LogP contribution in [0.1, 0.15) is 65.7 Å². The summed E-state index contributed by atoms with van der Waals surface area (Å²) in [6.45, 7) is 6.54. The minimum Gasteiger partial charge on any atom is -0.455 e. The summed E-state index contributed by atoms with van der Waals surface area (Å²) in [4.78, 5) is 22.5. The first-order valence-corrected chi connectivity index (χ1v) is 12.7. The van der Waals surface area contributed by atoms with Crippen LogP contribution >= 0.6 is 0 Å². The summed E-state index contributed by atoms with van der Waals surface area (Å²) < 4.78 is 7.71. The molecule has 188 valence electrons. The Balaban J connectivity index is 1.35. The van der Waals surface area contributed by atoms with E-state index < -0.39 is 0 Å². The molecule has 3 aromatic rings. The van der Waals surface area contributed by atoms with Crippen LogP contribution in [-0.2, 0) is 6.54 Å². The summed E-state index contributed by atoms with van der Waals surface area (Å²) >= 11 is 0. The van der Waals surface area contributed by atoms with Crippen LogP contribution in [0, 0.1) is 6.92 Å². The number of aryl methyl sites for hydroxylation is 1. The zero-order valence-electron chi connectivity index (χ0n) is 20.4. The third kappa shape index (κ3) is 5.05. The van der Waals surface area contributed by atoms with Crippen LogP contribution in [0.15, 0.2) is 28.8 Å². The first-order chi connectivity index (χ1) is 17.0. The second-order valence-electron chi connectivity index (χ2n) is 9.71. The molecule has 0 unspecified atom stereocenters. The van der Waals surface area contributed by atoms with Gasteiger partial charge < -0.3 is 31.0 Å². The van der Waals surface area contributed by atoms with Crippen molar-refractivity contribution < 1.29 is 9.21 Å². The van der Waals surface area contributed by atoms with Gasteiger partial charge in [-0.05, 0) is 64.3 Å². The minimum atomic E-state index is -0.0989. The van der Waals surface area contributed by atoms with Crippen molar-refractivity contribution in [2.75, 3.05) is 37.6 Å². The summed E-state index contributed by atoms with van der Waals surface area (Å²) in [7, 11) is 0. The van der Waals surface area contributed by atoms with Gasteiger partial charge in [0.25, 0.3) is 5.91 Å². The number of hydrogen-bond donors (Lipinski definition) is 3. The van der Waals surface area contributed by atoms with E-state index in [1.54, 1.807) is 6.07 Å². The van der Waals surface area contributed by atoms with E-state index in [0.29, 0.717) is 25.4 Å².